The highest BCUT2D eigenvalue weighted by Gasteiger charge is 2.29. The minimum absolute atomic E-state index is 0.384. The van der Waals surface area contributed by atoms with Gasteiger partial charge in [-0.1, -0.05) is 38.1 Å². The fourth-order valence-electron chi connectivity index (χ4n) is 2.48. The molecule has 1 N–H and O–H groups in total. The quantitative estimate of drug-likeness (QED) is 0.910. The van der Waals surface area contributed by atoms with E-state index < -0.39 is 0 Å². The van der Waals surface area contributed by atoms with Crippen LogP contribution < -0.4 is 5.32 Å². The van der Waals surface area contributed by atoms with Gasteiger partial charge in [-0.25, -0.2) is 9.97 Å². The summed E-state index contributed by atoms with van der Waals surface area (Å²) < 4.78 is 0. The maximum atomic E-state index is 4.69. The zero-order chi connectivity index (χ0) is 13.2. The molecular weight excluding hydrogens is 234 g/mol. The molecule has 0 radical (unpaired) electrons. The number of aromatic nitrogens is 2. The SMILES string of the molecule is CC(C)NCc1ccnc(C2Cc3ccccc32)n1. The van der Waals surface area contributed by atoms with Gasteiger partial charge in [0.1, 0.15) is 5.82 Å². The average Bonchev–Trinajstić information content (AvgIpc) is 2.38. The number of nitrogens with one attached hydrogen (secondary N) is 1. The summed E-state index contributed by atoms with van der Waals surface area (Å²) in [6, 6.07) is 11.0. The van der Waals surface area contributed by atoms with E-state index >= 15 is 0 Å². The average molecular weight is 253 g/mol. The summed E-state index contributed by atoms with van der Waals surface area (Å²) in [6.45, 7) is 5.09. The van der Waals surface area contributed by atoms with Crippen LogP contribution in [0.2, 0.25) is 0 Å². The van der Waals surface area contributed by atoms with Gasteiger partial charge >= 0.3 is 0 Å². The molecule has 1 aliphatic rings. The lowest BCUT2D eigenvalue weighted by Crippen LogP contribution is -2.24. The van der Waals surface area contributed by atoms with Crippen LogP contribution in [-0.4, -0.2) is 16.0 Å². The van der Waals surface area contributed by atoms with Crippen LogP contribution in [0.3, 0.4) is 0 Å². The van der Waals surface area contributed by atoms with Gasteiger partial charge in [-0.2, -0.15) is 0 Å². The first-order valence-corrected chi connectivity index (χ1v) is 6.87. The van der Waals surface area contributed by atoms with E-state index in [2.05, 4.69) is 48.4 Å². The van der Waals surface area contributed by atoms with E-state index in [1.165, 1.54) is 11.1 Å². The van der Waals surface area contributed by atoms with Crippen LogP contribution in [0.25, 0.3) is 0 Å². The van der Waals surface area contributed by atoms with E-state index in [4.69, 9.17) is 4.98 Å². The van der Waals surface area contributed by atoms with Crippen molar-refractivity contribution in [2.45, 2.75) is 38.8 Å². The monoisotopic (exact) mass is 253 g/mol. The molecule has 0 spiro atoms. The lowest BCUT2D eigenvalue weighted by atomic mass is 9.77. The molecule has 0 fully saturated rings. The third kappa shape index (κ3) is 2.51. The van der Waals surface area contributed by atoms with Crippen molar-refractivity contribution in [2.24, 2.45) is 0 Å². The zero-order valence-corrected chi connectivity index (χ0v) is 11.4. The van der Waals surface area contributed by atoms with Crippen molar-refractivity contribution in [1.82, 2.24) is 15.3 Å². The minimum atomic E-state index is 0.384. The number of hydrogen-bond donors (Lipinski definition) is 1. The summed E-state index contributed by atoms with van der Waals surface area (Å²) in [6.07, 6.45) is 2.94. The molecule has 3 heteroatoms. The number of fused-ring (bicyclic) bond motifs is 1. The molecule has 19 heavy (non-hydrogen) atoms. The molecule has 0 saturated heterocycles. The van der Waals surface area contributed by atoms with Gasteiger partial charge in [0.05, 0.1) is 5.69 Å². The van der Waals surface area contributed by atoms with Gasteiger partial charge in [0.2, 0.25) is 0 Å². The fourth-order valence-corrected chi connectivity index (χ4v) is 2.48. The van der Waals surface area contributed by atoms with E-state index in [0.29, 0.717) is 12.0 Å². The second-order valence-corrected chi connectivity index (χ2v) is 5.40. The van der Waals surface area contributed by atoms with Crippen LogP contribution in [0.4, 0.5) is 0 Å². The molecular formula is C16H19N3. The molecule has 1 unspecified atom stereocenters. The third-order valence-electron chi connectivity index (χ3n) is 3.59. The van der Waals surface area contributed by atoms with Gasteiger partial charge in [0.25, 0.3) is 0 Å². The maximum absolute atomic E-state index is 4.69. The van der Waals surface area contributed by atoms with Crippen molar-refractivity contribution in [3.8, 4) is 0 Å². The Kier molecular flexibility index (Phi) is 3.30. The van der Waals surface area contributed by atoms with Gasteiger partial charge in [-0.05, 0) is 23.6 Å². The molecule has 3 nitrogen and oxygen atoms in total. The molecule has 1 heterocycles. The van der Waals surface area contributed by atoms with Crippen molar-refractivity contribution in [3.63, 3.8) is 0 Å². The Morgan fingerprint density at radius 3 is 2.89 bits per heavy atom. The van der Waals surface area contributed by atoms with Crippen LogP contribution in [0.5, 0.6) is 0 Å². The van der Waals surface area contributed by atoms with Crippen molar-refractivity contribution < 1.29 is 0 Å². The van der Waals surface area contributed by atoms with E-state index in [0.717, 1.165) is 24.5 Å². The predicted octanol–water partition coefficient (Wildman–Crippen LogP) is 2.66. The molecule has 1 atom stereocenters. The largest absolute Gasteiger partial charge is 0.309 e. The number of rotatable bonds is 4. The maximum Gasteiger partial charge on any atom is 0.136 e. The molecule has 1 aliphatic carbocycles. The van der Waals surface area contributed by atoms with Gasteiger partial charge in [-0.15, -0.1) is 0 Å². The first-order chi connectivity index (χ1) is 9.24. The Bertz CT molecular complexity index is 578. The second-order valence-electron chi connectivity index (χ2n) is 5.40. The van der Waals surface area contributed by atoms with Gasteiger partial charge < -0.3 is 5.32 Å². The van der Waals surface area contributed by atoms with E-state index in [9.17, 15) is 0 Å². The summed E-state index contributed by atoms with van der Waals surface area (Å²) in [7, 11) is 0. The molecule has 98 valence electrons. The molecule has 1 aromatic carbocycles. The van der Waals surface area contributed by atoms with Crippen molar-refractivity contribution in [2.75, 3.05) is 0 Å². The van der Waals surface area contributed by atoms with Crippen molar-refractivity contribution >= 4 is 0 Å². The zero-order valence-electron chi connectivity index (χ0n) is 11.4. The molecule has 2 aromatic rings. The molecule has 0 aliphatic heterocycles. The summed E-state index contributed by atoms with van der Waals surface area (Å²) in [5.41, 5.74) is 3.89. The van der Waals surface area contributed by atoms with Crippen LogP contribution >= 0.6 is 0 Å². The van der Waals surface area contributed by atoms with E-state index in [-0.39, 0.29) is 0 Å². The summed E-state index contributed by atoms with van der Waals surface area (Å²) >= 11 is 0. The molecule has 3 rings (SSSR count). The van der Waals surface area contributed by atoms with Crippen LogP contribution in [0.1, 0.15) is 42.4 Å². The van der Waals surface area contributed by atoms with E-state index in [1.54, 1.807) is 0 Å². The molecule has 0 bridgehead atoms. The highest BCUT2D eigenvalue weighted by molar-refractivity contribution is 5.43. The first kappa shape index (κ1) is 12.3. The summed E-state index contributed by atoms with van der Waals surface area (Å²) in [4.78, 5) is 9.14. The van der Waals surface area contributed by atoms with E-state index in [1.807, 2.05) is 12.3 Å². The highest BCUT2D eigenvalue weighted by Crippen LogP contribution is 2.38. The van der Waals surface area contributed by atoms with Gasteiger partial charge in [0, 0.05) is 24.7 Å². The lowest BCUT2D eigenvalue weighted by molar-refractivity contribution is 0.573. The van der Waals surface area contributed by atoms with Crippen LogP contribution in [-0.2, 0) is 13.0 Å². The predicted molar refractivity (Wildman–Crippen MR) is 76.0 cm³/mol. The second kappa shape index (κ2) is 5.10. The normalized spacial score (nSPS) is 17.1. The fraction of sp³-hybridized carbons (Fsp3) is 0.375. The third-order valence-corrected chi connectivity index (χ3v) is 3.59. The van der Waals surface area contributed by atoms with Gasteiger partial charge in [-0.3, -0.25) is 0 Å². The van der Waals surface area contributed by atoms with Gasteiger partial charge in [0.15, 0.2) is 0 Å². The summed E-state index contributed by atoms with van der Waals surface area (Å²) in [5, 5.41) is 3.39. The number of hydrogen-bond acceptors (Lipinski definition) is 3. The lowest BCUT2D eigenvalue weighted by Gasteiger charge is -2.28. The Balaban J connectivity index is 1.78. The first-order valence-electron chi connectivity index (χ1n) is 6.87. The Hall–Kier alpha value is -1.74. The highest BCUT2D eigenvalue weighted by atomic mass is 14.9. The van der Waals surface area contributed by atoms with Crippen molar-refractivity contribution in [3.05, 3.63) is 59.2 Å². The minimum Gasteiger partial charge on any atom is -0.309 e. The standard InChI is InChI=1S/C16H19N3/c1-11(2)18-10-13-7-8-17-16(19-13)15-9-12-5-3-4-6-14(12)15/h3-8,11,15,18H,9-10H2,1-2H3. The topological polar surface area (TPSA) is 37.8 Å². The van der Waals surface area contributed by atoms with Crippen LogP contribution in [0, 0.1) is 0 Å². The molecule has 1 aromatic heterocycles. The van der Waals surface area contributed by atoms with Crippen LogP contribution in [0.15, 0.2) is 36.5 Å². The Morgan fingerprint density at radius 2 is 2.11 bits per heavy atom. The van der Waals surface area contributed by atoms with Crippen molar-refractivity contribution in [1.29, 1.82) is 0 Å². The Labute approximate surface area is 114 Å². The Morgan fingerprint density at radius 1 is 1.26 bits per heavy atom. The summed E-state index contributed by atoms with van der Waals surface area (Å²) in [5.74, 6) is 1.34. The molecule has 0 amide bonds. The smallest absolute Gasteiger partial charge is 0.136 e. The number of benzene rings is 1. The number of nitrogens with zero attached hydrogens (tertiary/aromatic N) is 2. The molecule has 0 saturated carbocycles.